The topological polar surface area (TPSA) is 37.4 Å². The summed E-state index contributed by atoms with van der Waals surface area (Å²) in [5, 5.41) is 0.442. The smallest absolute Gasteiger partial charge is 0.207 e. The van der Waals surface area contributed by atoms with Gasteiger partial charge in [0.25, 0.3) is 0 Å². The molecule has 0 unspecified atom stereocenters. The van der Waals surface area contributed by atoms with E-state index in [4.69, 9.17) is 11.6 Å². The van der Waals surface area contributed by atoms with E-state index < -0.39 is 10.0 Å². The maximum Gasteiger partial charge on any atom is 0.243 e. The number of halogens is 1. The number of hydrogen-bond donors (Lipinski definition) is 0. The van der Waals surface area contributed by atoms with Crippen LogP contribution in [0.2, 0.25) is 5.02 Å². The van der Waals surface area contributed by atoms with Gasteiger partial charge in [0, 0.05) is 18.1 Å². The molecule has 0 saturated carbocycles. The summed E-state index contributed by atoms with van der Waals surface area (Å²) in [5.41, 5.74) is 1.31. The van der Waals surface area contributed by atoms with Crippen LogP contribution >= 0.6 is 11.6 Å². The second-order valence-corrected chi connectivity index (χ2v) is 8.66. The van der Waals surface area contributed by atoms with Gasteiger partial charge in [-0.15, -0.1) is 0 Å². The maximum atomic E-state index is 12.8. The molecule has 0 radical (unpaired) electrons. The van der Waals surface area contributed by atoms with Crippen LogP contribution in [0.5, 0.6) is 0 Å². The molecule has 0 bridgehead atoms. The third-order valence-corrected chi connectivity index (χ3v) is 6.86. The average molecular weight is 350 g/mol. The van der Waals surface area contributed by atoms with Crippen molar-refractivity contribution in [3.63, 3.8) is 0 Å². The SMILES string of the molecule is CC1(c2ccccc2)CCN(S(=O)(=O)c2cccc(Cl)c2)CC1. The first kappa shape index (κ1) is 16.5. The van der Waals surface area contributed by atoms with E-state index in [1.165, 1.54) is 11.6 Å². The van der Waals surface area contributed by atoms with Crippen LogP contribution in [0.1, 0.15) is 25.3 Å². The third-order valence-electron chi connectivity index (χ3n) is 4.73. The highest BCUT2D eigenvalue weighted by atomic mass is 35.5. The maximum absolute atomic E-state index is 12.8. The molecule has 0 spiro atoms. The summed E-state index contributed by atoms with van der Waals surface area (Å²) in [6.45, 7) is 3.27. The first-order valence-electron chi connectivity index (χ1n) is 7.73. The van der Waals surface area contributed by atoms with Gasteiger partial charge in [-0.2, -0.15) is 4.31 Å². The van der Waals surface area contributed by atoms with Crippen LogP contribution in [0.4, 0.5) is 0 Å². The number of rotatable bonds is 3. The number of hydrogen-bond acceptors (Lipinski definition) is 2. The summed E-state index contributed by atoms with van der Waals surface area (Å²) in [7, 11) is -3.47. The third kappa shape index (κ3) is 3.30. The minimum Gasteiger partial charge on any atom is -0.207 e. The van der Waals surface area contributed by atoms with E-state index in [9.17, 15) is 8.42 Å². The van der Waals surface area contributed by atoms with Gasteiger partial charge in [-0.25, -0.2) is 8.42 Å². The van der Waals surface area contributed by atoms with Crippen LogP contribution < -0.4 is 0 Å². The molecule has 1 aliphatic heterocycles. The van der Waals surface area contributed by atoms with Gasteiger partial charge in [0.05, 0.1) is 4.90 Å². The van der Waals surface area contributed by atoms with Gasteiger partial charge in [-0.1, -0.05) is 54.9 Å². The van der Waals surface area contributed by atoms with Crippen LogP contribution in [0, 0.1) is 0 Å². The summed E-state index contributed by atoms with van der Waals surface area (Å²) in [5.74, 6) is 0. The molecule has 1 aliphatic rings. The van der Waals surface area contributed by atoms with Crippen molar-refractivity contribution < 1.29 is 8.42 Å². The molecule has 5 heteroatoms. The van der Waals surface area contributed by atoms with Gasteiger partial charge in [0.2, 0.25) is 10.0 Å². The monoisotopic (exact) mass is 349 g/mol. The van der Waals surface area contributed by atoms with Crippen LogP contribution in [0.25, 0.3) is 0 Å². The predicted octanol–water partition coefficient (Wildman–Crippen LogP) is 4.08. The molecule has 0 amide bonds. The average Bonchev–Trinajstić information content (AvgIpc) is 2.56. The molecule has 122 valence electrons. The molecule has 0 aliphatic carbocycles. The van der Waals surface area contributed by atoms with E-state index in [1.807, 2.05) is 18.2 Å². The molecule has 0 aromatic heterocycles. The van der Waals surface area contributed by atoms with Crippen molar-refractivity contribution in [2.24, 2.45) is 0 Å². The van der Waals surface area contributed by atoms with Crippen LogP contribution in [-0.4, -0.2) is 25.8 Å². The number of nitrogens with zero attached hydrogens (tertiary/aromatic N) is 1. The second-order valence-electron chi connectivity index (χ2n) is 6.29. The van der Waals surface area contributed by atoms with Gasteiger partial charge in [-0.3, -0.25) is 0 Å². The first-order valence-corrected chi connectivity index (χ1v) is 9.55. The quantitative estimate of drug-likeness (QED) is 0.837. The van der Waals surface area contributed by atoms with E-state index in [-0.39, 0.29) is 10.3 Å². The predicted molar refractivity (Wildman–Crippen MR) is 93.2 cm³/mol. The van der Waals surface area contributed by atoms with E-state index in [0.29, 0.717) is 18.1 Å². The summed E-state index contributed by atoms with van der Waals surface area (Å²) in [6, 6.07) is 16.8. The highest BCUT2D eigenvalue weighted by Gasteiger charge is 2.36. The normalized spacial score (nSPS) is 18.7. The van der Waals surface area contributed by atoms with E-state index in [1.54, 1.807) is 22.5 Å². The molecule has 1 heterocycles. The zero-order valence-corrected chi connectivity index (χ0v) is 14.6. The molecule has 1 fully saturated rings. The Bertz CT molecular complexity index is 782. The Kier molecular flexibility index (Phi) is 4.50. The Balaban J connectivity index is 1.79. The Morgan fingerprint density at radius 2 is 1.65 bits per heavy atom. The fraction of sp³-hybridized carbons (Fsp3) is 0.333. The zero-order valence-electron chi connectivity index (χ0n) is 13.1. The molecule has 0 atom stereocenters. The highest BCUT2D eigenvalue weighted by Crippen LogP contribution is 2.36. The fourth-order valence-electron chi connectivity index (χ4n) is 3.13. The van der Waals surface area contributed by atoms with Crippen molar-refractivity contribution in [3.05, 3.63) is 65.2 Å². The van der Waals surface area contributed by atoms with E-state index in [2.05, 4.69) is 19.1 Å². The van der Waals surface area contributed by atoms with E-state index >= 15 is 0 Å². The summed E-state index contributed by atoms with van der Waals surface area (Å²) in [6.07, 6.45) is 1.63. The lowest BCUT2D eigenvalue weighted by molar-refractivity contribution is 0.249. The Morgan fingerprint density at radius 1 is 1.00 bits per heavy atom. The van der Waals surface area contributed by atoms with Gasteiger partial charge in [0.15, 0.2) is 0 Å². The van der Waals surface area contributed by atoms with E-state index in [0.717, 1.165) is 12.8 Å². The Hall–Kier alpha value is -1.36. The van der Waals surface area contributed by atoms with Gasteiger partial charge in [-0.05, 0) is 42.0 Å². The molecular weight excluding hydrogens is 330 g/mol. The lowest BCUT2D eigenvalue weighted by Crippen LogP contribution is -2.43. The highest BCUT2D eigenvalue weighted by molar-refractivity contribution is 7.89. The van der Waals surface area contributed by atoms with Crippen molar-refractivity contribution in [1.82, 2.24) is 4.31 Å². The van der Waals surface area contributed by atoms with Crippen molar-refractivity contribution in [2.75, 3.05) is 13.1 Å². The Morgan fingerprint density at radius 3 is 2.26 bits per heavy atom. The van der Waals surface area contributed by atoms with Crippen molar-refractivity contribution in [3.8, 4) is 0 Å². The van der Waals surface area contributed by atoms with Crippen LogP contribution in [0.15, 0.2) is 59.5 Å². The number of benzene rings is 2. The first-order chi connectivity index (χ1) is 10.9. The van der Waals surface area contributed by atoms with Crippen LogP contribution in [-0.2, 0) is 15.4 Å². The summed E-state index contributed by atoms with van der Waals surface area (Å²) >= 11 is 5.93. The number of piperidine rings is 1. The van der Waals surface area contributed by atoms with Crippen molar-refractivity contribution in [1.29, 1.82) is 0 Å². The molecule has 2 aromatic carbocycles. The molecular formula is C18H20ClNO2S. The molecule has 3 rings (SSSR count). The summed E-state index contributed by atoms with van der Waals surface area (Å²) < 4.78 is 27.1. The minimum atomic E-state index is -3.47. The minimum absolute atomic E-state index is 0.0294. The lowest BCUT2D eigenvalue weighted by Gasteiger charge is -2.39. The largest absolute Gasteiger partial charge is 0.243 e. The standard InChI is InChI=1S/C18H20ClNO2S/c1-18(15-6-3-2-4-7-15)10-12-20(13-11-18)23(21,22)17-9-5-8-16(19)14-17/h2-9,14H,10-13H2,1H3. The molecule has 2 aromatic rings. The molecule has 0 N–H and O–H groups in total. The zero-order chi connectivity index (χ0) is 16.5. The van der Waals surface area contributed by atoms with Crippen molar-refractivity contribution >= 4 is 21.6 Å². The number of sulfonamides is 1. The molecule has 23 heavy (non-hydrogen) atoms. The fourth-order valence-corrected chi connectivity index (χ4v) is 4.87. The van der Waals surface area contributed by atoms with Crippen molar-refractivity contribution in [2.45, 2.75) is 30.1 Å². The van der Waals surface area contributed by atoms with Gasteiger partial charge < -0.3 is 0 Å². The molecule has 1 saturated heterocycles. The van der Waals surface area contributed by atoms with Gasteiger partial charge >= 0.3 is 0 Å². The van der Waals surface area contributed by atoms with Crippen LogP contribution in [0.3, 0.4) is 0 Å². The van der Waals surface area contributed by atoms with Gasteiger partial charge in [0.1, 0.15) is 0 Å². The lowest BCUT2D eigenvalue weighted by atomic mass is 9.75. The summed E-state index contributed by atoms with van der Waals surface area (Å²) in [4.78, 5) is 0.272. The second kappa shape index (κ2) is 6.27. The molecule has 3 nitrogen and oxygen atoms in total. The Labute approximate surface area is 142 Å².